The van der Waals surface area contributed by atoms with Gasteiger partial charge in [-0.05, 0) is 58.9 Å². The molecule has 3 aromatic rings. The van der Waals surface area contributed by atoms with Crippen LogP contribution in [0.1, 0.15) is 64.4 Å². The molecule has 0 spiro atoms. The standard InChI is InChI=1S/C24H19F4N3O/c1-31-10-30-9-20(31)23-18(27)6-14(15-7-19(28)24(32)22(15)23)13-2-3-17(26)16-5-12(25)4-11(8-29)21(13)16/h4-6,9-10,13,17,19,24,32H,2-3,7H2,1H3/t13-,17+,19-,24-/m1/s1. The van der Waals surface area contributed by atoms with Gasteiger partial charge in [0.05, 0.1) is 29.9 Å². The molecule has 0 fully saturated rings. The van der Waals surface area contributed by atoms with Gasteiger partial charge in [0, 0.05) is 24.9 Å². The first-order valence-electron chi connectivity index (χ1n) is 10.3. The van der Waals surface area contributed by atoms with Crippen molar-refractivity contribution in [2.45, 2.75) is 43.6 Å². The first kappa shape index (κ1) is 20.7. The molecule has 5 rings (SSSR count). The Morgan fingerprint density at radius 1 is 1.12 bits per heavy atom. The third kappa shape index (κ3) is 2.95. The van der Waals surface area contributed by atoms with Crippen molar-refractivity contribution in [3.8, 4) is 17.3 Å². The van der Waals surface area contributed by atoms with Gasteiger partial charge in [0.25, 0.3) is 0 Å². The van der Waals surface area contributed by atoms with E-state index in [1.54, 1.807) is 11.6 Å². The number of imidazole rings is 1. The fourth-order valence-electron chi connectivity index (χ4n) is 5.25. The Kier molecular flexibility index (Phi) is 4.82. The fourth-order valence-corrected chi connectivity index (χ4v) is 5.25. The van der Waals surface area contributed by atoms with Crippen LogP contribution in [0.4, 0.5) is 17.6 Å². The van der Waals surface area contributed by atoms with Gasteiger partial charge in [0.15, 0.2) is 0 Å². The Hall–Kier alpha value is -3.18. The number of alkyl halides is 2. The van der Waals surface area contributed by atoms with E-state index in [4.69, 9.17) is 0 Å². The molecule has 4 atom stereocenters. The molecule has 8 heteroatoms. The first-order valence-corrected chi connectivity index (χ1v) is 10.3. The molecule has 0 radical (unpaired) electrons. The van der Waals surface area contributed by atoms with Crippen molar-refractivity contribution >= 4 is 0 Å². The van der Waals surface area contributed by atoms with Gasteiger partial charge in [-0.25, -0.2) is 22.5 Å². The predicted octanol–water partition coefficient (Wildman–Crippen LogP) is 5.10. The zero-order valence-corrected chi connectivity index (χ0v) is 17.1. The summed E-state index contributed by atoms with van der Waals surface area (Å²) in [6, 6.07) is 5.31. The number of nitrogens with zero attached hydrogens (tertiary/aromatic N) is 3. The van der Waals surface area contributed by atoms with Crippen molar-refractivity contribution in [2.75, 3.05) is 0 Å². The molecular formula is C24H19F4N3O. The minimum Gasteiger partial charge on any atom is -0.385 e. The summed E-state index contributed by atoms with van der Waals surface area (Å²) in [5.41, 5.74) is 1.83. The maximum Gasteiger partial charge on any atom is 0.134 e. The van der Waals surface area contributed by atoms with Crippen LogP contribution in [0.25, 0.3) is 11.3 Å². The molecule has 4 nitrogen and oxygen atoms in total. The monoisotopic (exact) mass is 441 g/mol. The van der Waals surface area contributed by atoms with Gasteiger partial charge >= 0.3 is 0 Å². The summed E-state index contributed by atoms with van der Waals surface area (Å²) in [7, 11) is 1.67. The Balaban J connectivity index is 1.78. The second-order valence-electron chi connectivity index (χ2n) is 8.44. The number of fused-ring (bicyclic) bond motifs is 2. The summed E-state index contributed by atoms with van der Waals surface area (Å²) < 4.78 is 60.5. The molecule has 1 N–H and O–H groups in total. The Morgan fingerprint density at radius 3 is 2.59 bits per heavy atom. The maximum absolute atomic E-state index is 15.5. The van der Waals surface area contributed by atoms with E-state index >= 15 is 4.39 Å². The van der Waals surface area contributed by atoms with Crippen LogP contribution in [-0.2, 0) is 13.5 Å². The Bertz CT molecular complexity index is 1280. The molecule has 1 heterocycles. The van der Waals surface area contributed by atoms with Crippen LogP contribution in [0.15, 0.2) is 30.7 Å². The zero-order chi connectivity index (χ0) is 22.7. The van der Waals surface area contributed by atoms with E-state index in [-0.39, 0.29) is 41.5 Å². The largest absolute Gasteiger partial charge is 0.385 e. The molecule has 164 valence electrons. The van der Waals surface area contributed by atoms with Crippen molar-refractivity contribution in [3.63, 3.8) is 0 Å². The zero-order valence-electron chi connectivity index (χ0n) is 17.1. The Morgan fingerprint density at radius 2 is 1.91 bits per heavy atom. The highest BCUT2D eigenvalue weighted by molar-refractivity contribution is 5.71. The van der Waals surface area contributed by atoms with Crippen molar-refractivity contribution in [1.29, 1.82) is 5.26 Å². The third-order valence-electron chi connectivity index (χ3n) is 6.64. The lowest BCUT2D eigenvalue weighted by Gasteiger charge is -2.31. The molecule has 0 unspecified atom stereocenters. The summed E-state index contributed by atoms with van der Waals surface area (Å²) in [6.45, 7) is 0. The highest BCUT2D eigenvalue weighted by Gasteiger charge is 2.41. The third-order valence-corrected chi connectivity index (χ3v) is 6.64. The predicted molar refractivity (Wildman–Crippen MR) is 108 cm³/mol. The number of aliphatic hydroxyl groups excluding tert-OH is 1. The molecule has 2 aliphatic carbocycles. The van der Waals surface area contributed by atoms with Crippen LogP contribution in [0.5, 0.6) is 0 Å². The van der Waals surface area contributed by atoms with Crippen LogP contribution in [0, 0.1) is 23.0 Å². The van der Waals surface area contributed by atoms with Gasteiger partial charge in [-0.2, -0.15) is 5.26 Å². The summed E-state index contributed by atoms with van der Waals surface area (Å²) in [5, 5.41) is 20.2. The summed E-state index contributed by atoms with van der Waals surface area (Å²) in [4.78, 5) is 4.00. The minimum atomic E-state index is -1.63. The number of nitriles is 1. The van der Waals surface area contributed by atoms with E-state index in [1.807, 2.05) is 6.07 Å². The molecule has 0 amide bonds. The quantitative estimate of drug-likeness (QED) is 0.563. The number of rotatable bonds is 2. The van der Waals surface area contributed by atoms with Crippen molar-refractivity contribution in [3.05, 3.63) is 75.7 Å². The van der Waals surface area contributed by atoms with E-state index in [0.717, 1.165) is 12.1 Å². The van der Waals surface area contributed by atoms with Gasteiger partial charge < -0.3 is 9.67 Å². The lowest BCUT2D eigenvalue weighted by molar-refractivity contribution is 0.0927. The highest BCUT2D eigenvalue weighted by atomic mass is 19.1. The van der Waals surface area contributed by atoms with E-state index in [9.17, 15) is 23.5 Å². The SMILES string of the molecule is Cn1cncc1-c1c(F)cc([C@H]2CC[C@H](F)c3cc(F)cc(C#N)c32)c2c1[C@H](O)[C@H](F)C2. The summed E-state index contributed by atoms with van der Waals surface area (Å²) in [5.74, 6) is -2.00. The number of benzene rings is 2. The molecule has 0 saturated heterocycles. The molecule has 0 aliphatic heterocycles. The second-order valence-corrected chi connectivity index (χ2v) is 8.44. The molecule has 2 aliphatic rings. The van der Waals surface area contributed by atoms with E-state index in [2.05, 4.69) is 4.98 Å². The molecule has 32 heavy (non-hydrogen) atoms. The maximum atomic E-state index is 15.5. The van der Waals surface area contributed by atoms with Crippen molar-refractivity contribution in [2.24, 2.45) is 7.05 Å². The van der Waals surface area contributed by atoms with E-state index in [0.29, 0.717) is 22.4 Å². The van der Waals surface area contributed by atoms with E-state index in [1.165, 1.54) is 18.6 Å². The number of hydrogen-bond acceptors (Lipinski definition) is 3. The number of halogens is 4. The first-order chi connectivity index (χ1) is 15.3. The van der Waals surface area contributed by atoms with Gasteiger partial charge in [-0.15, -0.1) is 0 Å². The fraction of sp³-hybridized carbons (Fsp3) is 0.333. The Labute approximate surface area is 181 Å². The lowest BCUT2D eigenvalue weighted by atomic mass is 9.74. The summed E-state index contributed by atoms with van der Waals surface area (Å²) in [6.07, 6.45) is -1.50. The van der Waals surface area contributed by atoms with Gasteiger partial charge in [-0.3, -0.25) is 0 Å². The van der Waals surface area contributed by atoms with E-state index < -0.39 is 36.0 Å². The summed E-state index contributed by atoms with van der Waals surface area (Å²) >= 11 is 0. The average Bonchev–Trinajstić information content (AvgIpc) is 3.31. The van der Waals surface area contributed by atoms with Crippen LogP contribution < -0.4 is 0 Å². The topological polar surface area (TPSA) is 61.8 Å². The molecule has 0 saturated carbocycles. The minimum absolute atomic E-state index is 0.0208. The van der Waals surface area contributed by atoms with Crippen molar-refractivity contribution in [1.82, 2.24) is 9.55 Å². The lowest BCUT2D eigenvalue weighted by Crippen LogP contribution is -2.18. The van der Waals surface area contributed by atoms with Gasteiger partial charge in [0.2, 0.25) is 0 Å². The normalized spacial score (nSPS) is 24.2. The number of aromatic nitrogens is 2. The molecular weight excluding hydrogens is 422 g/mol. The van der Waals surface area contributed by atoms with Crippen LogP contribution in [-0.4, -0.2) is 20.8 Å². The van der Waals surface area contributed by atoms with Crippen molar-refractivity contribution < 1.29 is 22.7 Å². The second kappa shape index (κ2) is 7.45. The van der Waals surface area contributed by atoms with Gasteiger partial charge in [-0.1, -0.05) is 0 Å². The van der Waals surface area contributed by atoms with Crippen LogP contribution in [0.3, 0.4) is 0 Å². The molecule has 1 aromatic heterocycles. The number of aryl methyl sites for hydroxylation is 1. The highest BCUT2D eigenvalue weighted by Crippen LogP contribution is 2.50. The number of hydrogen-bond donors (Lipinski definition) is 1. The van der Waals surface area contributed by atoms with Gasteiger partial charge in [0.1, 0.15) is 30.1 Å². The average molecular weight is 441 g/mol. The smallest absolute Gasteiger partial charge is 0.134 e. The van der Waals surface area contributed by atoms with Crippen LogP contribution in [0.2, 0.25) is 0 Å². The molecule has 2 aromatic carbocycles. The number of aliphatic hydroxyl groups is 1. The van der Waals surface area contributed by atoms with Crippen LogP contribution >= 0.6 is 0 Å². The molecule has 0 bridgehead atoms.